The van der Waals surface area contributed by atoms with Gasteiger partial charge in [0.05, 0.1) is 5.69 Å². The predicted molar refractivity (Wildman–Crippen MR) is 82.0 cm³/mol. The van der Waals surface area contributed by atoms with Gasteiger partial charge in [0.1, 0.15) is 4.90 Å². The highest BCUT2D eigenvalue weighted by Gasteiger charge is 2.25. The van der Waals surface area contributed by atoms with E-state index in [0.717, 1.165) is 25.9 Å². The number of sulfonamides is 1. The molecule has 0 atom stereocenters. The number of nitrogens with zero attached hydrogens (tertiary/aromatic N) is 1. The summed E-state index contributed by atoms with van der Waals surface area (Å²) in [7, 11) is -3.76. The number of hydrogen-bond acceptors (Lipinski definition) is 4. The normalized spacial score (nSPS) is 17.7. The molecular formula is C14H23N3O2S. The molecule has 1 fully saturated rings. The number of anilines is 2. The van der Waals surface area contributed by atoms with Gasteiger partial charge in [-0.15, -0.1) is 0 Å². The fourth-order valence-electron chi connectivity index (χ4n) is 2.83. The molecule has 0 amide bonds. The first kappa shape index (κ1) is 15.1. The molecule has 6 heteroatoms. The van der Waals surface area contributed by atoms with Crippen LogP contribution in [0.5, 0.6) is 0 Å². The Bertz CT molecular complexity index is 576. The Morgan fingerprint density at radius 2 is 1.85 bits per heavy atom. The van der Waals surface area contributed by atoms with E-state index in [2.05, 4.69) is 18.7 Å². The molecule has 0 spiro atoms. The monoisotopic (exact) mass is 297 g/mol. The van der Waals surface area contributed by atoms with Crippen LogP contribution in [0.1, 0.15) is 26.7 Å². The molecule has 1 aromatic rings. The summed E-state index contributed by atoms with van der Waals surface area (Å²) in [5.74, 6) is 1.37. The van der Waals surface area contributed by atoms with E-state index in [-0.39, 0.29) is 4.90 Å². The maximum Gasteiger partial charge on any atom is 0.240 e. The number of rotatable bonds is 3. The van der Waals surface area contributed by atoms with Crippen LogP contribution in [0.4, 0.5) is 11.4 Å². The van der Waals surface area contributed by atoms with E-state index in [4.69, 9.17) is 10.9 Å². The molecule has 1 heterocycles. The van der Waals surface area contributed by atoms with E-state index in [9.17, 15) is 8.42 Å². The third-order valence-electron chi connectivity index (χ3n) is 4.11. The molecule has 0 radical (unpaired) electrons. The van der Waals surface area contributed by atoms with E-state index < -0.39 is 10.0 Å². The summed E-state index contributed by atoms with van der Waals surface area (Å²) in [6.07, 6.45) is 2.15. The van der Waals surface area contributed by atoms with Gasteiger partial charge in [-0.05, 0) is 42.9 Å². The van der Waals surface area contributed by atoms with Crippen LogP contribution in [-0.2, 0) is 10.0 Å². The molecule has 0 saturated carbocycles. The SMILES string of the molecule is CC(C)C1CCN(c2ccc(N)cc2S(N)(=O)=O)CC1. The van der Waals surface area contributed by atoms with Crippen molar-refractivity contribution in [2.24, 2.45) is 17.0 Å². The summed E-state index contributed by atoms with van der Waals surface area (Å²) < 4.78 is 23.4. The molecule has 1 aromatic carbocycles. The van der Waals surface area contributed by atoms with Crippen molar-refractivity contribution < 1.29 is 8.42 Å². The Kier molecular flexibility index (Phi) is 4.25. The lowest BCUT2D eigenvalue weighted by Gasteiger charge is -2.36. The predicted octanol–water partition coefficient (Wildman–Crippen LogP) is 1.79. The third-order valence-corrected chi connectivity index (χ3v) is 5.05. The number of nitrogens with two attached hydrogens (primary N) is 2. The number of nitrogen functional groups attached to an aromatic ring is 1. The van der Waals surface area contributed by atoms with Gasteiger partial charge in [0.25, 0.3) is 0 Å². The van der Waals surface area contributed by atoms with E-state index in [1.165, 1.54) is 6.07 Å². The van der Waals surface area contributed by atoms with E-state index in [1.54, 1.807) is 12.1 Å². The lowest BCUT2D eigenvalue weighted by Crippen LogP contribution is -2.36. The smallest absolute Gasteiger partial charge is 0.240 e. The first-order valence-corrected chi connectivity index (χ1v) is 8.51. The highest BCUT2D eigenvalue weighted by Crippen LogP contribution is 2.32. The van der Waals surface area contributed by atoms with Crippen molar-refractivity contribution in [1.29, 1.82) is 0 Å². The van der Waals surface area contributed by atoms with E-state index in [1.807, 2.05) is 0 Å². The maximum absolute atomic E-state index is 11.7. The van der Waals surface area contributed by atoms with Gasteiger partial charge in [0.2, 0.25) is 10.0 Å². The molecule has 0 bridgehead atoms. The summed E-state index contributed by atoms with van der Waals surface area (Å²) in [6, 6.07) is 4.92. The minimum Gasteiger partial charge on any atom is -0.399 e. The Balaban J connectivity index is 2.27. The molecule has 0 aliphatic carbocycles. The summed E-state index contributed by atoms with van der Waals surface area (Å²) in [5.41, 5.74) is 6.76. The van der Waals surface area contributed by atoms with Crippen molar-refractivity contribution in [2.75, 3.05) is 23.7 Å². The molecule has 5 nitrogen and oxygen atoms in total. The first-order valence-electron chi connectivity index (χ1n) is 6.96. The van der Waals surface area contributed by atoms with Crippen LogP contribution in [-0.4, -0.2) is 21.5 Å². The molecule has 4 N–H and O–H groups in total. The van der Waals surface area contributed by atoms with Crippen LogP contribution in [0.15, 0.2) is 23.1 Å². The van der Waals surface area contributed by atoms with Gasteiger partial charge in [-0.25, -0.2) is 13.6 Å². The van der Waals surface area contributed by atoms with Gasteiger partial charge in [-0.3, -0.25) is 0 Å². The second-order valence-corrected chi connectivity index (χ2v) is 7.37. The minimum absolute atomic E-state index is 0.125. The molecule has 1 aliphatic rings. The van der Waals surface area contributed by atoms with Gasteiger partial charge >= 0.3 is 0 Å². The van der Waals surface area contributed by atoms with Gasteiger partial charge in [0.15, 0.2) is 0 Å². The largest absolute Gasteiger partial charge is 0.399 e. The fraction of sp³-hybridized carbons (Fsp3) is 0.571. The van der Waals surface area contributed by atoms with Gasteiger partial charge in [-0.2, -0.15) is 0 Å². The Morgan fingerprint density at radius 1 is 1.25 bits per heavy atom. The number of hydrogen-bond donors (Lipinski definition) is 2. The average molecular weight is 297 g/mol. The topological polar surface area (TPSA) is 89.4 Å². The van der Waals surface area contributed by atoms with Crippen LogP contribution in [0.25, 0.3) is 0 Å². The minimum atomic E-state index is -3.76. The van der Waals surface area contributed by atoms with E-state index in [0.29, 0.717) is 23.2 Å². The Morgan fingerprint density at radius 3 is 2.35 bits per heavy atom. The fourth-order valence-corrected chi connectivity index (χ4v) is 3.62. The number of benzene rings is 1. The van der Waals surface area contributed by atoms with Crippen LogP contribution < -0.4 is 15.8 Å². The molecular weight excluding hydrogens is 274 g/mol. The summed E-state index contributed by atoms with van der Waals surface area (Å²) in [4.78, 5) is 2.22. The van der Waals surface area contributed by atoms with Crippen molar-refractivity contribution in [3.8, 4) is 0 Å². The molecule has 1 saturated heterocycles. The highest BCUT2D eigenvalue weighted by molar-refractivity contribution is 7.89. The molecule has 1 aliphatic heterocycles. The summed E-state index contributed by atoms with van der Waals surface area (Å²) in [5, 5.41) is 5.30. The number of primary sulfonamides is 1. The molecule has 2 rings (SSSR count). The number of piperidine rings is 1. The van der Waals surface area contributed by atoms with Gasteiger partial charge in [0, 0.05) is 18.8 Å². The van der Waals surface area contributed by atoms with Crippen molar-refractivity contribution >= 4 is 21.4 Å². The first-order chi connectivity index (χ1) is 9.29. The van der Waals surface area contributed by atoms with Crippen molar-refractivity contribution in [3.63, 3.8) is 0 Å². The molecule has 0 unspecified atom stereocenters. The standard InChI is InChI=1S/C14H23N3O2S/c1-10(2)11-5-7-17(8-6-11)13-4-3-12(15)9-14(13)20(16,18)19/h3-4,9-11H,5-8,15H2,1-2H3,(H2,16,18,19). The third kappa shape index (κ3) is 3.24. The van der Waals surface area contributed by atoms with Crippen LogP contribution >= 0.6 is 0 Å². The molecule has 20 heavy (non-hydrogen) atoms. The second kappa shape index (κ2) is 5.61. The lowest BCUT2D eigenvalue weighted by atomic mass is 9.86. The molecule has 112 valence electrons. The van der Waals surface area contributed by atoms with Gasteiger partial charge in [-0.1, -0.05) is 13.8 Å². The van der Waals surface area contributed by atoms with Crippen molar-refractivity contribution in [1.82, 2.24) is 0 Å². The molecule has 0 aromatic heterocycles. The second-order valence-electron chi connectivity index (χ2n) is 5.84. The highest BCUT2D eigenvalue weighted by atomic mass is 32.2. The lowest BCUT2D eigenvalue weighted by molar-refractivity contribution is 0.311. The van der Waals surface area contributed by atoms with Crippen molar-refractivity contribution in [2.45, 2.75) is 31.6 Å². The maximum atomic E-state index is 11.7. The van der Waals surface area contributed by atoms with Crippen molar-refractivity contribution in [3.05, 3.63) is 18.2 Å². The average Bonchev–Trinajstić information content (AvgIpc) is 2.38. The van der Waals surface area contributed by atoms with Crippen LogP contribution in [0.3, 0.4) is 0 Å². The zero-order chi connectivity index (χ0) is 14.9. The van der Waals surface area contributed by atoms with Crippen LogP contribution in [0.2, 0.25) is 0 Å². The zero-order valence-electron chi connectivity index (χ0n) is 12.0. The quantitative estimate of drug-likeness (QED) is 0.832. The van der Waals surface area contributed by atoms with Crippen LogP contribution in [0, 0.1) is 11.8 Å². The summed E-state index contributed by atoms with van der Waals surface area (Å²) >= 11 is 0. The van der Waals surface area contributed by atoms with Gasteiger partial charge < -0.3 is 10.6 Å². The Hall–Kier alpha value is -1.27. The Labute approximate surface area is 121 Å². The zero-order valence-corrected chi connectivity index (χ0v) is 12.9. The summed E-state index contributed by atoms with van der Waals surface area (Å²) in [6.45, 7) is 6.18. The van der Waals surface area contributed by atoms with E-state index >= 15 is 0 Å².